The number of aliphatic hydroxyl groups excluding tert-OH is 1. The van der Waals surface area contributed by atoms with Crippen molar-refractivity contribution in [3.63, 3.8) is 0 Å². The zero-order valence-electron chi connectivity index (χ0n) is 11.3. The fourth-order valence-corrected chi connectivity index (χ4v) is 0.768. The molecule has 0 amide bonds. The highest BCUT2D eigenvalue weighted by Gasteiger charge is 2.07. The lowest BCUT2D eigenvalue weighted by Gasteiger charge is -2.15. The molecule has 1 fully saturated rings. The van der Waals surface area contributed by atoms with Crippen molar-refractivity contribution in [1.29, 1.82) is 0 Å². The van der Waals surface area contributed by atoms with Crippen LogP contribution in [0.25, 0.3) is 0 Å². The summed E-state index contributed by atoms with van der Waals surface area (Å²) in [6.45, 7) is 6.14. The molecule has 0 aliphatic carbocycles. The minimum Gasteiger partial charge on any atom is -0.393 e. The molecule has 1 saturated heterocycles. The lowest BCUT2D eigenvalue weighted by atomic mass is 10.2. The third-order valence-electron chi connectivity index (χ3n) is 1.42. The molecule has 0 bridgehead atoms. The van der Waals surface area contributed by atoms with E-state index in [1.54, 1.807) is 7.11 Å². The maximum absolute atomic E-state index is 8.83. The van der Waals surface area contributed by atoms with Gasteiger partial charge >= 0.3 is 0 Å². The van der Waals surface area contributed by atoms with Crippen LogP contribution in [0.3, 0.4) is 0 Å². The first kappa shape index (κ1) is 21.3. The molecule has 1 heterocycles. The van der Waals surface area contributed by atoms with Gasteiger partial charge in [-0.25, -0.2) is 0 Å². The van der Waals surface area contributed by atoms with Gasteiger partial charge in [0.15, 0.2) is 0 Å². The Morgan fingerprint density at radius 2 is 1.71 bits per heavy atom. The lowest BCUT2D eigenvalue weighted by molar-refractivity contribution is 0.0140. The standard InChI is InChI=1S/C5H10O2.C4H6O.C3H8.C2H2/c6-5-1-3-7-4-2-5;1-3-4-5-2;1-3-2;1-2/h5-6H,1-4H2;1H,4H2,2H3;3H2,1-2H3;1-2H. The molecule has 3 nitrogen and oxygen atoms in total. The smallest absolute Gasteiger partial charge is 0.107 e. The predicted molar refractivity (Wildman–Crippen MR) is 72.6 cm³/mol. The van der Waals surface area contributed by atoms with E-state index >= 15 is 0 Å². The van der Waals surface area contributed by atoms with Gasteiger partial charge in [0.25, 0.3) is 0 Å². The Balaban J connectivity index is -0.000000174. The van der Waals surface area contributed by atoms with Crippen LogP contribution < -0.4 is 0 Å². The second kappa shape index (κ2) is 24.3. The highest BCUT2D eigenvalue weighted by atomic mass is 16.5. The van der Waals surface area contributed by atoms with Gasteiger partial charge in [0.2, 0.25) is 0 Å². The van der Waals surface area contributed by atoms with Crippen LogP contribution in [0.15, 0.2) is 0 Å². The molecule has 1 N–H and O–H groups in total. The highest BCUT2D eigenvalue weighted by Crippen LogP contribution is 2.04. The van der Waals surface area contributed by atoms with E-state index in [-0.39, 0.29) is 6.10 Å². The Hall–Kier alpha value is -1.00. The second-order valence-electron chi connectivity index (χ2n) is 3.19. The summed E-state index contributed by atoms with van der Waals surface area (Å²) >= 11 is 0. The molecule has 0 radical (unpaired) electrons. The first-order valence-corrected chi connectivity index (χ1v) is 5.74. The van der Waals surface area contributed by atoms with Gasteiger partial charge in [-0.05, 0) is 12.8 Å². The van der Waals surface area contributed by atoms with Crippen LogP contribution in [-0.4, -0.2) is 38.1 Å². The van der Waals surface area contributed by atoms with E-state index in [0.717, 1.165) is 26.1 Å². The minimum absolute atomic E-state index is 0.0891. The van der Waals surface area contributed by atoms with E-state index < -0.39 is 0 Å². The molecular weight excluding hydrogens is 216 g/mol. The number of methoxy groups -OCH3 is 1. The van der Waals surface area contributed by atoms with Crippen molar-refractivity contribution < 1.29 is 14.6 Å². The number of ether oxygens (including phenoxy) is 2. The van der Waals surface area contributed by atoms with E-state index in [1.165, 1.54) is 6.42 Å². The summed E-state index contributed by atoms with van der Waals surface area (Å²) in [6, 6.07) is 0. The first-order valence-electron chi connectivity index (χ1n) is 5.74. The Bertz CT molecular complexity index is 164. The van der Waals surface area contributed by atoms with Crippen molar-refractivity contribution in [3.05, 3.63) is 0 Å². The van der Waals surface area contributed by atoms with Crippen molar-refractivity contribution >= 4 is 0 Å². The fraction of sp³-hybridized carbons (Fsp3) is 0.714. The van der Waals surface area contributed by atoms with Gasteiger partial charge in [0, 0.05) is 20.3 Å². The third kappa shape index (κ3) is 31.3. The highest BCUT2D eigenvalue weighted by molar-refractivity contribution is 4.82. The van der Waals surface area contributed by atoms with Crippen LogP contribution in [0.5, 0.6) is 0 Å². The van der Waals surface area contributed by atoms with Gasteiger partial charge in [0.1, 0.15) is 6.61 Å². The van der Waals surface area contributed by atoms with Gasteiger partial charge in [-0.15, -0.1) is 19.3 Å². The van der Waals surface area contributed by atoms with Gasteiger partial charge in [-0.1, -0.05) is 26.2 Å². The molecule has 0 spiro atoms. The fourth-order valence-electron chi connectivity index (χ4n) is 0.768. The first-order chi connectivity index (χ1) is 8.22. The summed E-state index contributed by atoms with van der Waals surface area (Å²) in [5.74, 6) is 2.30. The van der Waals surface area contributed by atoms with E-state index in [1.807, 2.05) is 0 Å². The van der Waals surface area contributed by atoms with Crippen molar-refractivity contribution in [1.82, 2.24) is 0 Å². The molecular formula is C14H26O3. The molecule has 0 aromatic rings. The largest absolute Gasteiger partial charge is 0.393 e. The van der Waals surface area contributed by atoms with E-state index in [9.17, 15) is 0 Å². The van der Waals surface area contributed by atoms with Crippen LogP contribution in [0.4, 0.5) is 0 Å². The number of terminal acetylenes is 2. The average molecular weight is 242 g/mol. The Labute approximate surface area is 107 Å². The van der Waals surface area contributed by atoms with Gasteiger partial charge in [0.05, 0.1) is 6.10 Å². The van der Waals surface area contributed by atoms with E-state index in [4.69, 9.17) is 16.3 Å². The predicted octanol–water partition coefficient (Wildman–Crippen LogP) is 2.09. The third-order valence-corrected chi connectivity index (χ3v) is 1.42. The molecule has 0 aromatic carbocycles. The SMILES string of the molecule is C#C.C#CCOC.CCC.OC1CCOCC1. The molecule has 1 rings (SSSR count). The zero-order chi connectivity index (χ0) is 13.9. The van der Waals surface area contributed by atoms with Gasteiger partial charge < -0.3 is 14.6 Å². The molecule has 17 heavy (non-hydrogen) atoms. The topological polar surface area (TPSA) is 38.7 Å². The monoisotopic (exact) mass is 242 g/mol. The van der Waals surface area contributed by atoms with Crippen molar-refractivity contribution in [3.8, 4) is 25.2 Å². The zero-order valence-corrected chi connectivity index (χ0v) is 11.3. The minimum atomic E-state index is -0.0891. The summed E-state index contributed by atoms with van der Waals surface area (Å²) < 4.78 is 9.43. The molecule has 1 aliphatic heterocycles. The van der Waals surface area contributed by atoms with Crippen molar-refractivity contribution in [2.75, 3.05) is 26.9 Å². The van der Waals surface area contributed by atoms with Crippen LogP contribution in [0.2, 0.25) is 0 Å². The number of hydrogen-bond acceptors (Lipinski definition) is 3. The average Bonchev–Trinajstić information content (AvgIpc) is 2.35. The Morgan fingerprint density at radius 3 is 1.82 bits per heavy atom. The second-order valence-corrected chi connectivity index (χ2v) is 3.19. The molecule has 0 atom stereocenters. The molecule has 0 aromatic heterocycles. The Morgan fingerprint density at radius 1 is 1.29 bits per heavy atom. The van der Waals surface area contributed by atoms with Crippen molar-refractivity contribution in [2.24, 2.45) is 0 Å². The molecule has 0 unspecified atom stereocenters. The summed E-state index contributed by atoms with van der Waals surface area (Å²) in [4.78, 5) is 0. The van der Waals surface area contributed by atoms with E-state index in [0.29, 0.717) is 6.61 Å². The number of aliphatic hydroxyl groups is 1. The molecule has 100 valence electrons. The normalized spacial score (nSPS) is 13.5. The van der Waals surface area contributed by atoms with Crippen LogP contribution >= 0.6 is 0 Å². The number of hydrogen-bond donors (Lipinski definition) is 1. The maximum Gasteiger partial charge on any atom is 0.107 e. The quantitative estimate of drug-likeness (QED) is 0.716. The number of rotatable bonds is 1. The van der Waals surface area contributed by atoms with Crippen LogP contribution in [-0.2, 0) is 9.47 Å². The maximum atomic E-state index is 8.83. The summed E-state index contributed by atoms with van der Waals surface area (Å²) in [6.07, 6.45) is 15.6. The van der Waals surface area contributed by atoms with Gasteiger partial charge in [-0.2, -0.15) is 0 Å². The summed E-state index contributed by atoms with van der Waals surface area (Å²) in [5, 5.41) is 8.83. The Kier molecular flexibility index (Phi) is 30.4. The lowest BCUT2D eigenvalue weighted by Crippen LogP contribution is -2.19. The van der Waals surface area contributed by atoms with Gasteiger partial charge in [-0.3, -0.25) is 0 Å². The summed E-state index contributed by atoms with van der Waals surface area (Å²) in [7, 11) is 1.57. The van der Waals surface area contributed by atoms with Crippen LogP contribution in [0, 0.1) is 25.2 Å². The molecule has 1 aliphatic rings. The summed E-state index contributed by atoms with van der Waals surface area (Å²) in [5.41, 5.74) is 0. The molecule has 3 heteroatoms. The van der Waals surface area contributed by atoms with Crippen molar-refractivity contribution in [2.45, 2.75) is 39.2 Å². The van der Waals surface area contributed by atoms with Crippen LogP contribution in [0.1, 0.15) is 33.1 Å². The van der Waals surface area contributed by atoms with E-state index in [2.05, 4.69) is 37.4 Å². The molecule has 0 saturated carbocycles.